The maximum atomic E-state index is 6.97. The van der Waals surface area contributed by atoms with Gasteiger partial charge in [0.15, 0.2) is 0 Å². The summed E-state index contributed by atoms with van der Waals surface area (Å²) in [7, 11) is 0. The molecule has 0 aromatic carbocycles. The summed E-state index contributed by atoms with van der Waals surface area (Å²) in [6.07, 6.45) is 29.0. The van der Waals surface area contributed by atoms with E-state index in [1.165, 1.54) is 109 Å². The van der Waals surface area contributed by atoms with Crippen LogP contribution in [0.4, 0.5) is 0 Å². The molecule has 0 spiro atoms. The first-order chi connectivity index (χ1) is 17.8. The van der Waals surface area contributed by atoms with E-state index in [0.29, 0.717) is 12.1 Å². The van der Waals surface area contributed by atoms with Crippen LogP contribution in [0.3, 0.4) is 0 Å². The van der Waals surface area contributed by atoms with Gasteiger partial charge >= 0.3 is 0 Å². The van der Waals surface area contributed by atoms with Crippen molar-refractivity contribution in [1.82, 2.24) is 9.80 Å². The predicted molar refractivity (Wildman–Crippen MR) is 143 cm³/mol. The zero-order valence-corrected chi connectivity index (χ0v) is 22.4. The van der Waals surface area contributed by atoms with E-state index < -0.39 is 0 Å². The van der Waals surface area contributed by atoms with Crippen molar-refractivity contribution in [2.75, 3.05) is 6.54 Å². The van der Waals surface area contributed by atoms with Crippen molar-refractivity contribution in [1.29, 1.82) is 0 Å². The van der Waals surface area contributed by atoms with Crippen LogP contribution in [-0.2, 0) is 4.74 Å². The molecule has 0 N–H and O–H groups in total. The highest BCUT2D eigenvalue weighted by Crippen LogP contribution is 2.57. The molecule has 0 aromatic rings. The second-order valence-electron chi connectivity index (χ2n) is 14.8. The molecule has 0 bridgehead atoms. The quantitative estimate of drug-likeness (QED) is 0.369. The van der Waals surface area contributed by atoms with Gasteiger partial charge in [-0.05, 0) is 111 Å². The van der Waals surface area contributed by atoms with E-state index >= 15 is 0 Å². The Balaban J connectivity index is 0.985. The third-order valence-corrected chi connectivity index (χ3v) is 13.8. The van der Waals surface area contributed by atoms with Crippen molar-refractivity contribution in [3.8, 4) is 0 Å². The lowest BCUT2D eigenvalue weighted by molar-refractivity contribution is -0.0481. The fourth-order valence-corrected chi connectivity index (χ4v) is 12.4. The molecular weight excluding hydrogens is 440 g/mol. The van der Waals surface area contributed by atoms with Crippen LogP contribution in [0.2, 0.25) is 0 Å². The average Bonchev–Trinajstić information content (AvgIpc) is 3.51. The molecule has 5 heterocycles. The molecule has 3 saturated heterocycles. The van der Waals surface area contributed by atoms with Crippen LogP contribution < -0.4 is 0 Å². The normalized spacial score (nSPS) is 53.2. The Labute approximate surface area is 219 Å². The molecule has 4 saturated carbocycles. The first-order valence-corrected chi connectivity index (χ1v) is 16.4. The average molecular weight is 489 g/mol. The number of piperidine rings is 1. The minimum Gasteiger partial charge on any atom is -0.490 e. The number of hydrogen-bond acceptors (Lipinski definition) is 3. The summed E-state index contributed by atoms with van der Waals surface area (Å²) in [5, 5.41) is 0. The van der Waals surface area contributed by atoms with Crippen LogP contribution in [0, 0.1) is 41.4 Å². The first-order valence-electron chi connectivity index (χ1n) is 16.4. The van der Waals surface area contributed by atoms with Gasteiger partial charge < -0.3 is 9.64 Å². The van der Waals surface area contributed by atoms with Gasteiger partial charge in [-0.1, -0.05) is 38.5 Å². The van der Waals surface area contributed by atoms with Crippen LogP contribution in [0.1, 0.15) is 103 Å². The molecule has 5 aliphatic heterocycles. The summed E-state index contributed by atoms with van der Waals surface area (Å²) >= 11 is 0. The Kier molecular flexibility index (Phi) is 5.03. The van der Waals surface area contributed by atoms with E-state index in [-0.39, 0.29) is 0 Å². The van der Waals surface area contributed by atoms with Gasteiger partial charge in [0.1, 0.15) is 11.9 Å². The van der Waals surface area contributed by atoms with E-state index in [4.69, 9.17) is 4.74 Å². The van der Waals surface area contributed by atoms with Crippen LogP contribution in [0.5, 0.6) is 0 Å². The number of allylic oxidation sites excluding steroid dienone is 1. The van der Waals surface area contributed by atoms with Gasteiger partial charge in [0.25, 0.3) is 0 Å². The Bertz CT molecular complexity index is 955. The lowest BCUT2D eigenvalue weighted by atomic mass is 9.63. The van der Waals surface area contributed by atoms with E-state index in [1.54, 1.807) is 12.0 Å². The van der Waals surface area contributed by atoms with E-state index in [1.807, 2.05) is 0 Å². The molecule has 3 nitrogen and oxygen atoms in total. The third-order valence-electron chi connectivity index (χ3n) is 13.8. The number of nitrogens with zero attached hydrogens (tertiary/aromatic N) is 2. The monoisotopic (exact) mass is 488 g/mol. The summed E-state index contributed by atoms with van der Waals surface area (Å²) in [4.78, 5) is 5.92. The zero-order chi connectivity index (χ0) is 23.4. The van der Waals surface area contributed by atoms with Gasteiger partial charge in [-0.25, -0.2) is 0 Å². The van der Waals surface area contributed by atoms with Gasteiger partial charge in [-0.15, -0.1) is 0 Å². The highest BCUT2D eigenvalue weighted by molar-refractivity contribution is 5.35. The van der Waals surface area contributed by atoms with Gasteiger partial charge in [0.05, 0.1) is 6.04 Å². The largest absolute Gasteiger partial charge is 0.490 e. The Hall–Kier alpha value is -0.960. The second kappa shape index (κ2) is 8.27. The van der Waals surface area contributed by atoms with Crippen molar-refractivity contribution >= 4 is 0 Å². The smallest absolute Gasteiger partial charge is 0.122 e. The molecule has 3 heteroatoms. The molecule has 4 aliphatic carbocycles. The maximum absolute atomic E-state index is 6.97. The van der Waals surface area contributed by atoms with Crippen molar-refractivity contribution < 1.29 is 4.74 Å². The van der Waals surface area contributed by atoms with Crippen molar-refractivity contribution in [3.63, 3.8) is 0 Å². The summed E-state index contributed by atoms with van der Waals surface area (Å²) in [6, 6.07) is 3.19. The Morgan fingerprint density at radius 3 is 2.17 bits per heavy atom. The van der Waals surface area contributed by atoms with E-state index in [9.17, 15) is 0 Å². The van der Waals surface area contributed by atoms with Crippen molar-refractivity contribution in [2.45, 2.75) is 133 Å². The minimum atomic E-state index is 0.481. The first kappa shape index (κ1) is 21.9. The molecule has 36 heavy (non-hydrogen) atoms. The predicted octanol–water partition coefficient (Wildman–Crippen LogP) is 6.90. The van der Waals surface area contributed by atoms with Crippen molar-refractivity contribution in [3.05, 3.63) is 23.6 Å². The number of rotatable bonds is 0. The molecule has 9 aliphatic rings. The molecule has 12 atom stereocenters. The molecule has 7 fully saturated rings. The van der Waals surface area contributed by atoms with Crippen LogP contribution >= 0.6 is 0 Å². The van der Waals surface area contributed by atoms with E-state index in [0.717, 1.165) is 59.6 Å². The van der Waals surface area contributed by atoms with Gasteiger partial charge in [-0.3, -0.25) is 4.90 Å². The van der Waals surface area contributed by atoms with Gasteiger partial charge in [0.2, 0.25) is 0 Å². The SMILES string of the molecule is C1=CN2C(CC3C4CCCCC4CCC32)C2=C1OC1CCN3C(CC4C5CCCCC5CCC43)C1C2. The number of ether oxygens (including phenoxy) is 1. The molecule has 12 unspecified atom stereocenters. The summed E-state index contributed by atoms with van der Waals surface area (Å²) < 4.78 is 6.97. The number of fused-ring (bicyclic) bond motifs is 13. The fourth-order valence-electron chi connectivity index (χ4n) is 12.4. The maximum Gasteiger partial charge on any atom is 0.122 e. The standard InChI is InChI=1S/C33H48N2O/c1-3-7-22-20(5-1)9-11-28-24(22)18-30-26-17-27-31-19-25-23-8-4-2-6-21(23)10-12-29(25)35(31)16-14-33(27)36-32(26)13-15-34(28)30/h13,15,20-25,27-31,33H,1-12,14,16-19H2. The second-order valence-corrected chi connectivity index (χ2v) is 14.8. The van der Waals surface area contributed by atoms with Crippen LogP contribution in [-0.4, -0.2) is 46.6 Å². The van der Waals surface area contributed by atoms with Gasteiger partial charge in [0, 0.05) is 36.8 Å². The summed E-state index contributed by atoms with van der Waals surface area (Å²) in [6.45, 7) is 1.31. The summed E-state index contributed by atoms with van der Waals surface area (Å²) in [5.41, 5.74) is 1.73. The molecule has 0 amide bonds. The van der Waals surface area contributed by atoms with Crippen LogP contribution in [0.15, 0.2) is 23.6 Å². The third kappa shape index (κ3) is 3.07. The zero-order valence-electron chi connectivity index (χ0n) is 22.4. The Morgan fingerprint density at radius 2 is 1.36 bits per heavy atom. The lowest BCUT2D eigenvalue weighted by Gasteiger charge is -2.50. The minimum absolute atomic E-state index is 0.481. The van der Waals surface area contributed by atoms with Gasteiger partial charge in [-0.2, -0.15) is 0 Å². The molecule has 196 valence electrons. The highest BCUT2D eigenvalue weighted by atomic mass is 16.5. The highest BCUT2D eigenvalue weighted by Gasteiger charge is 2.57. The van der Waals surface area contributed by atoms with E-state index in [2.05, 4.69) is 22.1 Å². The van der Waals surface area contributed by atoms with Crippen LogP contribution in [0.25, 0.3) is 0 Å². The Morgan fingerprint density at radius 1 is 0.639 bits per heavy atom. The summed E-state index contributed by atoms with van der Waals surface area (Å²) in [5.74, 6) is 8.20. The lowest BCUT2D eigenvalue weighted by Crippen LogP contribution is -2.54. The molecule has 0 aromatic heterocycles. The molecule has 0 radical (unpaired) electrons. The number of hydrogen-bond donors (Lipinski definition) is 0. The molecular formula is C33H48N2O. The topological polar surface area (TPSA) is 15.7 Å². The fraction of sp³-hybridized carbons (Fsp3) is 0.879. The van der Waals surface area contributed by atoms with Crippen molar-refractivity contribution in [2.24, 2.45) is 41.4 Å². The molecule has 9 rings (SSSR count).